The maximum absolute atomic E-state index is 12.3. The Bertz CT molecular complexity index is 944. The molecule has 1 aliphatic rings. The Morgan fingerprint density at radius 3 is 2.19 bits per heavy atom. The highest BCUT2D eigenvalue weighted by molar-refractivity contribution is 5.94. The van der Waals surface area contributed by atoms with Crippen molar-refractivity contribution in [2.24, 2.45) is 0 Å². The minimum atomic E-state index is -0.491. The van der Waals surface area contributed by atoms with Crippen LogP contribution in [0.2, 0.25) is 0 Å². The van der Waals surface area contributed by atoms with E-state index in [1.54, 1.807) is 42.5 Å². The van der Waals surface area contributed by atoms with Crippen molar-refractivity contribution >= 4 is 11.9 Å². The summed E-state index contributed by atoms with van der Waals surface area (Å²) in [5.41, 5.74) is 0.661. The molecule has 3 rings (SSSR count). The zero-order valence-electron chi connectivity index (χ0n) is 19.3. The van der Waals surface area contributed by atoms with Crippen LogP contribution in [0.3, 0.4) is 0 Å². The van der Waals surface area contributed by atoms with E-state index in [0.29, 0.717) is 35.0 Å². The summed E-state index contributed by atoms with van der Waals surface area (Å²) in [6.07, 6.45) is 0.816. The molecule has 7 nitrogen and oxygen atoms in total. The van der Waals surface area contributed by atoms with Crippen LogP contribution in [-0.2, 0) is 9.47 Å². The topological polar surface area (TPSA) is 74.3 Å². The van der Waals surface area contributed by atoms with Crippen LogP contribution in [0.1, 0.15) is 54.8 Å². The molecule has 1 heterocycles. The van der Waals surface area contributed by atoms with Crippen LogP contribution < -0.4 is 9.47 Å². The molecule has 1 aliphatic heterocycles. The number of hydrogen-bond acceptors (Lipinski definition) is 6. The summed E-state index contributed by atoms with van der Waals surface area (Å²) in [6, 6.07) is 11.9. The lowest BCUT2D eigenvalue weighted by molar-refractivity contribution is -0.0374. The minimum absolute atomic E-state index is 0.0256. The molecule has 32 heavy (non-hydrogen) atoms. The van der Waals surface area contributed by atoms with Crippen LogP contribution in [0.25, 0.3) is 0 Å². The Morgan fingerprint density at radius 1 is 0.969 bits per heavy atom. The number of hydrogen-bond donors (Lipinski definition) is 0. The molecule has 1 saturated heterocycles. The summed E-state index contributed by atoms with van der Waals surface area (Å²) in [7, 11) is 1.32. The van der Waals surface area contributed by atoms with Crippen molar-refractivity contribution in [1.82, 2.24) is 4.90 Å². The molecule has 1 fully saturated rings. The van der Waals surface area contributed by atoms with E-state index in [0.717, 1.165) is 19.5 Å². The first kappa shape index (κ1) is 23.6. The van der Waals surface area contributed by atoms with Crippen LogP contribution in [-0.4, -0.2) is 55.3 Å². The highest BCUT2D eigenvalue weighted by Crippen LogP contribution is 2.29. The van der Waals surface area contributed by atoms with Crippen molar-refractivity contribution in [2.45, 2.75) is 45.8 Å². The lowest BCUT2D eigenvalue weighted by Gasteiger charge is -2.30. The standard InChI is InChI=1S/C25H31NO6/c1-17(16-30-25(2,3)4)31-21-13-19(24(28)29-5)14-22(15-21)32-20-9-7-18(8-10-20)23(27)26-11-6-12-26/h7-10,13-15,17H,6,11-12,16H2,1-5H3/t17-/m0/s1. The first-order chi connectivity index (χ1) is 15.1. The van der Waals surface area contributed by atoms with E-state index in [2.05, 4.69) is 0 Å². The molecule has 0 bridgehead atoms. The van der Waals surface area contributed by atoms with Gasteiger partial charge < -0.3 is 23.8 Å². The quantitative estimate of drug-likeness (QED) is 0.553. The van der Waals surface area contributed by atoms with E-state index in [1.165, 1.54) is 7.11 Å². The monoisotopic (exact) mass is 441 g/mol. The molecule has 1 atom stereocenters. The summed E-state index contributed by atoms with van der Waals surface area (Å²) in [6.45, 7) is 9.84. The predicted octanol–water partition coefficient (Wildman–Crippen LogP) is 4.69. The smallest absolute Gasteiger partial charge is 0.338 e. The molecular formula is C25H31NO6. The van der Waals surface area contributed by atoms with Gasteiger partial charge >= 0.3 is 5.97 Å². The van der Waals surface area contributed by atoms with Crippen molar-refractivity contribution in [1.29, 1.82) is 0 Å². The number of ether oxygens (including phenoxy) is 4. The van der Waals surface area contributed by atoms with Gasteiger partial charge in [0.1, 0.15) is 23.4 Å². The van der Waals surface area contributed by atoms with Gasteiger partial charge in [-0.15, -0.1) is 0 Å². The normalized spacial score (nSPS) is 14.3. The summed E-state index contributed by atoms with van der Waals surface area (Å²) in [4.78, 5) is 26.3. The fourth-order valence-electron chi connectivity index (χ4n) is 3.07. The molecule has 0 aromatic heterocycles. The van der Waals surface area contributed by atoms with Crippen LogP contribution in [0.15, 0.2) is 42.5 Å². The molecule has 0 saturated carbocycles. The number of carbonyl (C=O) groups is 2. The number of benzene rings is 2. The fraction of sp³-hybridized carbons (Fsp3) is 0.440. The maximum Gasteiger partial charge on any atom is 0.338 e. The highest BCUT2D eigenvalue weighted by Gasteiger charge is 2.21. The molecule has 0 radical (unpaired) electrons. The van der Waals surface area contributed by atoms with E-state index >= 15 is 0 Å². The lowest BCUT2D eigenvalue weighted by atomic mass is 10.1. The maximum atomic E-state index is 12.3. The Morgan fingerprint density at radius 2 is 1.62 bits per heavy atom. The summed E-state index contributed by atoms with van der Waals surface area (Å²) in [5, 5.41) is 0. The molecule has 172 valence electrons. The van der Waals surface area contributed by atoms with Crippen LogP contribution in [0, 0.1) is 0 Å². The molecule has 0 N–H and O–H groups in total. The summed E-state index contributed by atoms with van der Waals surface area (Å²) in [5.74, 6) is 0.973. The summed E-state index contributed by atoms with van der Waals surface area (Å²) >= 11 is 0. The van der Waals surface area contributed by atoms with Gasteiger partial charge in [0.05, 0.1) is 24.9 Å². The molecule has 0 spiro atoms. The number of likely N-dealkylation sites (tertiary alicyclic amines) is 1. The second kappa shape index (κ2) is 10.0. The second-order valence-corrected chi connectivity index (χ2v) is 8.81. The van der Waals surface area contributed by atoms with Gasteiger partial charge in [0.15, 0.2) is 0 Å². The number of rotatable bonds is 8. The summed E-state index contributed by atoms with van der Waals surface area (Å²) < 4.78 is 22.5. The van der Waals surface area contributed by atoms with E-state index < -0.39 is 5.97 Å². The SMILES string of the molecule is COC(=O)c1cc(Oc2ccc(C(=O)N3CCC3)cc2)cc(O[C@@H](C)COC(C)(C)C)c1. The van der Waals surface area contributed by atoms with Gasteiger partial charge in [-0.3, -0.25) is 4.79 Å². The van der Waals surface area contributed by atoms with Crippen LogP contribution in [0.4, 0.5) is 0 Å². The van der Waals surface area contributed by atoms with E-state index in [1.807, 2.05) is 32.6 Å². The van der Waals surface area contributed by atoms with Gasteiger partial charge in [0.2, 0.25) is 0 Å². The van der Waals surface area contributed by atoms with Crippen molar-refractivity contribution in [3.63, 3.8) is 0 Å². The van der Waals surface area contributed by atoms with Gasteiger partial charge in [-0.25, -0.2) is 4.79 Å². The van der Waals surface area contributed by atoms with E-state index in [-0.39, 0.29) is 17.6 Å². The average molecular weight is 442 g/mol. The fourth-order valence-corrected chi connectivity index (χ4v) is 3.07. The molecular weight excluding hydrogens is 410 g/mol. The zero-order valence-corrected chi connectivity index (χ0v) is 19.3. The first-order valence-corrected chi connectivity index (χ1v) is 10.8. The third-order valence-electron chi connectivity index (χ3n) is 4.87. The largest absolute Gasteiger partial charge is 0.488 e. The van der Waals surface area contributed by atoms with E-state index in [4.69, 9.17) is 18.9 Å². The number of esters is 1. The molecule has 1 amide bonds. The van der Waals surface area contributed by atoms with Crippen molar-refractivity contribution in [3.05, 3.63) is 53.6 Å². The zero-order chi connectivity index (χ0) is 23.3. The molecule has 2 aromatic rings. The van der Waals surface area contributed by atoms with Crippen molar-refractivity contribution in [2.75, 3.05) is 26.8 Å². The van der Waals surface area contributed by atoms with Crippen LogP contribution in [0.5, 0.6) is 17.2 Å². The van der Waals surface area contributed by atoms with Gasteiger partial charge in [-0.05, 0) is 70.5 Å². The predicted molar refractivity (Wildman–Crippen MR) is 121 cm³/mol. The van der Waals surface area contributed by atoms with Gasteiger partial charge in [-0.2, -0.15) is 0 Å². The van der Waals surface area contributed by atoms with Crippen molar-refractivity contribution < 1.29 is 28.5 Å². The van der Waals surface area contributed by atoms with Gasteiger partial charge in [0, 0.05) is 24.7 Å². The van der Waals surface area contributed by atoms with Gasteiger partial charge in [-0.1, -0.05) is 0 Å². The Hall–Kier alpha value is -3.06. The van der Waals surface area contributed by atoms with Crippen LogP contribution >= 0.6 is 0 Å². The molecule has 0 aliphatic carbocycles. The number of methoxy groups -OCH3 is 1. The highest BCUT2D eigenvalue weighted by atomic mass is 16.5. The average Bonchev–Trinajstić information content (AvgIpc) is 2.70. The van der Waals surface area contributed by atoms with E-state index in [9.17, 15) is 9.59 Å². The Labute approximate surface area is 189 Å². The van der Waals surface area contributed by atoms with Crippen molar-refractivity contribution in [3.8, 4) is 17.2 Å². The first-order valence-electron chi connectivity index (χ1n) is 10.8. The lowest BCUT2D eigenvalue weighted by Crippen LogP contribution is -2.41. The van der Waals surface area contributed by atoms with Gasteiger partial charge in [0.25, 0.3) is 5.91 Å². The Balaban J connectivity index is 1.74. The number of nitrogens with zero attached hydrogens (tertiary/aromatic N) is 1. The Kier molecular flexibility index (Phi) is 7.40. The molecule has 7 heteroatoms. The minimum Gasteiger partial charge on any atom is -0.488 e. The second-order valence-electron chi connectivity index (χ2n) is 8.81. The molecule has 2 aromatic carbocycles. The number of carbonyl (C=O) groups excluding carboxylic acids is 2. The molecule has 0 unspecified atom stereocenters. The number of amides is 1. The third kappa shape index (κ3) is 6.47. The third-order valence-corrected chi connectivity index (χ3v) is 4.87.